The van der Waals surface area contributed by atoms with E-state index in [9.17, 15) is 9.59 Å². The van der Waals surface area contributed by atoms with Gasteiger partial charge in [0.1, 0.15) is 0 Å². The van der Waals surface area contributed by atoms with E-state index < -0.39 is 11.9 Å². The van der Waals surface area contributed by atoms with Gasteiger partial charge in [-0.15, -0.1) is 0 Å². The second-order valence-electron chi connectivity index (χ2n) is 5.17. The van der Waals surface area contributed by atoms with Gasteiger partial charge in [-0.25, -0.2) is 0 Å². The lowest BCUT2D eigenvalue weighted by atomic mass is 10.1. The monoisotopic (exact) mass is 292 g/mol. The largest absolute Gasteiger partial charge is 0.481 e. The number of amides is 1. The Morgan fingerprint density at radius 3 is 2.33 bits per heavy atom. The van der Waals surface area contributed by atoms with E-state index in [0.29, 0.717) is 13.1 Å². The summed E-state index contributed by atoms with van der Waals surface area (Å²) in [6.07, 6.45) is 0.963. The highest BCUT2D eigenvalue weighted by molar-refractivity contribution is 5.92. The van der Waals surface area contributed by atoms with Crippen molar-refractivity contribution >= 4 is 17.6 Å². The van der Waals surface area contributed by atoms with Crippen molar-refractivity contribution in [1.29, 1.82) is 0 Å². The fourth-order valence-electron chi connectivity index (χ4n) is 2.00. The number of carbonyl (C=O) groups excluding carboxylic acids is 1. The Hall–Kier alpha value is -1.88. The predicted molar refractivity (Wildman–Crippen MR) is 83.4 cm³/mol. The Balaban J connectivity index is 2.51. The summed E-state index contributed by atoms with van der Waals surface area (Å²) in [6, 6.07) is 7.74. The van der Waals surface area contributed by atoms with Crippen LogP contribution in [0.3, 0.4) is 0 Å². The molecule has 1 atom stereocenters. The van der Waals surface area contributed by atoms with Crippen LogP contribution in [0.25, 0.3) is 0 Å². The molecule has 21 heavy (non-hydrogen) atoms. The Morgan fingerprint density at radius 1 is 1.24 bits per heavy atom. The van der Waals surface area contributed by atoms with Crippen molar-refractivity contribution in [2.45, 2.75) is 27.2 Å². The van der Waals surface area contributed by atoms with Crippen LogP contribution in [0.15, 0.2) is 24.3 Å². The molecule has 0 saturated carbocycles. The molecule has 116 valence electrons. The standard InChI is InChI=1S/C16H24N2O3/c1-4-13-6-8-14(9-7-13)17-15(19)11-18(5-2)10-12(3)16(20)21/h6-9,12H,4-5,10-11H2,1-3H3,(H,17,19)(H,20,21). The van der Waals surface area contributed by atoms with Crippen LogP contribution in [0.4, 0.5) is 5.69 Å². The fourth-order valence-corrected chi connectivity index (χ4v) is 2.00. The lowest BCUT2D eigenvalue weighted by Gasteiger charge is -2.21. The number of nitrogens with zero attached hydrogens (tertiary/aromatic N) is 1. The van der Waals surface area contributed by atoms with E-state index in [1.54, 1.807) is 6.92 Å². The third-order valence-corrected chi connectivity index (χ3v) is 3.41. The molecule has 1 aromatic carbocycles. The maximum atomic E-state index is 12.0. The lowest BCUT2D eigenvalue weighted by molar-refractivity contribution is -0.142. The number of anilines is 1. The summed E-state index contributed by atoms with van der Waals surface area (Å²) in [7, 11) is 0. The van der Waals surface area contributed by atoms with Gasteiger partial charge >= 0.3 is 5.97 Å². The molecule has 0 spiro atoms. The van der Waals surface area contributed by atoms with Gasteiger partial charge in [0, 0.05) is 12.2 Å². The third-order valence-electron chi connectivity index (χ3n) is 3.41. The Morgan fingerprint density at radius 2 is 1.86 bits per heavy atom. The van der Waals surface area contributed by atoms with Gasteiger partial charge in [0.05, 0.1) is 12.5 Å². The van der Waals surface area contributed by atoms with Crippen molar-refractivity contribution in [2.75, 3.05) is 25.0 Å². The first-order valence-electron chi connectivity index (χ1n) is 7.30. The van der Waals surface area contributed by atoms with Gasteiger partial charge in [-0.3, -0.25) is 14.5 Å². The Kier molecular flexibility index (Phi) is 6.88. The summed E-state index contributed by atoms with van der Waals surface area (Å²) in [5.74, 6) is -1.45. The lowest BCUT2D eigenvalue weighted by Crippen LogP contribution is -2.37. The smallest absolute Gasteiger partial charge is 0.307 e. The fraction of sp³-hybridized carbons (Fsp3) is 0.500. The van der Waals surface area contributed by atoms with E-state index in [0.717, 1.165) is 12.1 Å². The topological polar surface area (TPSA) is 69.6 Å². The molecule has 0 aliphatic carbocycles. The molecule has 1 unspecified atom stereocenters. The number of hydrogen-bond donors (Lipinski definition) is 2. The molecule has 0 bridgehead atoms. The minimum absolute atomic E-state index is 0.126. The van der Waals surface area contributed by atoms with Crippen LogP contribution in [-0.4, -0.2) is 41.5 Å². The van der Waals surface area contributed by atoms with Crippen LogP contribution in [0, 0.1) is 5.92 Å². The van der Waals surface area contributed by atoms with Gasteiger partial charge in [-0.2, -0.15) is 0 Å². The highest BCUT2D eigenvalue weighted by Gasteiger charge is 2.17. The summed E-state index contributed by atoms with van der Waals surface area (Å²) >= 11 is 0. The average molecular weight is 292 g/mol. The molecule has 1 rings (SSSR count). The number of rotatable bonds is 8. The minimum atomic E-state index is -0.844. The van der Waals surface area contributed by atoms with Gasteiger partial charge < -0.3 is 10.4 Å². The molecule has 5 nitrogen and oxygen atoms in total. The molecule has 5 heteroatoms. The van der Waals surface area contributed by atoms with Crippen LogP contribution >= 0.6 is 0 Å². The second kappa shape index (κ2) is 8.42. The first kappa shape index (κ1) is 17.2. The maximum absolute atomic E-state index is 12.0. The second-order valence-corrected chi connectivity index (χ2v) is 5.17. The Bertz CT molecular complexity index is 471. The minimum Gasteiger partial charge on any atom is -0.481 e. The molecule has 0 aliphatic rings. The zero-order valence-electron chi connectivity index (χ0n) is 12.9. The zero-order valence-corrected chi connectivity index (χ0v) is 12.9. The molecule has 0 radical (unpaired) electrons. The first-order chi connectivity index (χ1) is 9.96. The predicted octanol–water partition coefficient (Wildman–Crippen LogP) is 2.23. The van der Waals surface area contributed by atoms with Gasteiger partial charge in [0.15, 0.2) is 0 Å². The van der Waals surface area contributed by atoms with E-state index in [4.69, 9.17) is 5.11 Å². The highest BCUT2D eigenvalue weighted by atomic mass is 16.4. The van der Waals surface area contributed by atoms with Gasteiger partial charge in [-0.05, 0) is 30.7 Å². The van der Waals surface area contributed by atoms with E-state index in [-0.39, 0.29) is 12.5 Å². The normalized spacial score (nSPS) is 12.2. The molecule has 0 aliphatic heterocycles. The van der Waals surface area contributed by atoms with Gasteiger partial charge in [0.2, 0.25) is 5.91 Å². The summed E-state index contributed by atoms with van der Waals surface area (Å²) in [4.78, 5) is 24.7. The van der Waals surface area contributed by atoms with E-state index in [1.807, 2.05) is 36.1 Å². The zero-order chi connectivity index (χ0) is 15.8. The van der Waals surface area contributed by atoms with Crippen LogP contribution in [0.1, 0.15) is 26.3 Å². The molecule has 0 fully saturated rings. The summed E-state index contributed by atoms with van der Waals surface area (Å²) in [5.41, 5.74) is 1.98. The average Bonchev–Trinajstić information content (AvgIpc) is 2.47. The number of aliphatic carboxylic acids is 1. The van der Waals surface area contributed by atoms with Gasteiger partial charge in [-0.1, -0.05) is 32.9 Å². The summed E-state index contributed by atoms with van der Waals surface area (Å²) in [5, 5.41) is 11.8. The molecule has 2 N–H and O–H groups in total. The number of nitrogens with one attached hydrogen (secondary N) is 1. The van der Waals surface area contributed by atoms with Crippen LogP contribution < -0.4 is 5.32 Å². The highest BCUT2D eigenvalue weighted by Crippen LogP contribution is 2.10. The van der Waals surface area contributed by atoms with Crippen molar-refractivity contribution in [3.8, 4) is 0 Å². The van der Waals surface area contributed by atoms with Crippen LogP contribution in [0.2, 0.25) is 0 Å². The van der Waals surface area contributed by atoms with Crippen molar-refractivity contribution in [3.05, 3.63) is 29.8 Å². The van der Waals surface area contributed by atoms with E-state index in [1.165, 1.54) is 5.56 Å². The number of benzene rings is 1. The number of hydrogen-bond acceptors (Lipinski definition) is 3. The summed E-state index contributed by atoms with van der Waals surface area (Å²) < 4.78 is 0. The van der Waals surface area contributed by atoms with Crippen molar-refractivity contribution in [3.63, 3.8) is 0 Å². The molecule has 0 heterocycles. The van der Waals surface area contributed by atoms with Crippen LogP contribution in [-0.2, 0) is 16.0 Å². The molecule has 1 aromatic rings. The molecule has 0 saturated heterocycles. The molecular weight excluding hydrogens is 268 g/mol. The number of carbonyl (C=O) groups is 2. The van der Waals surface area contributed by atoms with E-state index in [2.05, 4.69) is 12.2 Å². The Labute approximate surface area is 126 Å². The quantitative estimate of drug-likeness (QED) is 0.771. The SMILES string of the molecule is CCc1ccc(NC(=O)CN(CC)CC(C)C(=O)O)cc1. The third kappa shape index (κ3) is 5.95. The van der Waals surface area contributed by atoms with Crippen molar-refractivity contribution in [2.24, 2.45) is 5.92 Å². The summed E-state index contributed by atoms with van der Waals surface area (Å²) in [6.45, 7) is 6.85. The molecular formula is C16H24N2O3. The van der Waals surface area contributed by atoms with Crippen LogP contribution in [0.5, 0.6) is 0 Å². The maximum Gasteiger partial charge on any atom is 0.307 e. The number of carboxylic acids is 1. The van der Waals surface area contributed by atoms with Gasteiger partial charge in [0.25, 0.3) is 0 Å². The van der Waals surface area contributed by atoms with Crippen molar-refractivity contribution in [1.82, 2.24) is 4.90 Å². The van der Waals surface area contributed by atoms with Crippen molar-refractivity contribution < 1.29 is 14.7 Å². The number of likely N-dealkylation sites (N-methyl/N-ethyl adjacent to an activating group) is 1. The van der Waals surface area contributed by atoms with E-state index >= 15 is 0 Å². The number of carboxylic acid groups (broad SMARTS) is 1. The molecule has 1 amide bonds. The first-order valence-corrected chi connectivity index (χ1v) is 7.30. The molecule has 0 aromatic heterocycles. The number of aryl methyl sites for hydroxylation is 1.